The summed E-state index contributed by atoms with van der Waals surface area (Å²) >= 11 is 0. The van der Waals surface area contributed by atoms with Crippen molar-refractivity contribution >= 4 is 40.6 Å². The second kappa shape index (κ2) is 9.27. The number of anilines is 2. The topological polar surface area (TPSA) is 91.6 Å². The SMILES string of the molecule is C=C(C)C(=O)OCc1ccc(N2N=C(C)C(=CC3C(=O)N(c4ccccc4)N=C3C)C2=O)cc1. The zero-order chi connectivity index (χ0) is 24.4. The van der Waals surface area contributed by atoms with Crippen LogP contribution in [0.15, 0.2) is 88.6 Å². The van der Waals surface area contributed by atoms with Crippen molar-refractivity contribution in [3.05, 3.63) is 84.0 Å². The molecule has 34 heavy (non-hydrogen) atoms. The highest BCUT2D eigenvalue weighted by Crippen LogP contribution is 2.29. The molecule has 0 saturated carbocycles. The van der Waals surface area contributed by atoms with E-state index in [0.29, 0.717) is 33.9 Å². The highest BCUT2D eigenvalue weighted by Gasteiger charge is 2.36. The highest BCUT2D eigenvalue weighted by molar-refractivity contribution is 6.30. The van der Waals surface area contributed by atoms with E-state index in [-0.39, 0.29) is 18.4 Å². The lowest BCUT2D eigenvalue weighted by Crippen LogP contribution is -2.27. The van der Waals surface area contributed by atoms with Crippen LogP contribution < -0.4 is 10.0 Å². The summed E-state index contributed by atoms with van der Waals surface area (Å²) in [5.41, 5.74) is 3.82. The van der Waals surface area contributed by atoms with Gasteiger partial charge in [-0.3, -0.25) is 9.59 Å². The number of rotatable bonds is 6. The first-order valence-electron chi connectivity index (χ1n) is 10.7. The van der Waals surface area contributed by atoms with Gasteiger partial charge in [-0.1, -0.05) is 43.0 Å². The van der Waals surface area contributed by atoms with Gasteiger partial charge in [-0.15, -0.1) is 0 Å². The molecule has 2 aliphatic rings. The number of carbonyl (C=O) groups excluding carboxylic acids is 3. The van der Waals surface area contributed by atoms with Crippen molar-refractivity contribution in [1.29, 1.82) is 0 Å². The van der Waals surface area contributed by atoms with Crippen LogP contribution in [0, 0.1) is 5.92 Å². The van der Waals surface area contributed by atoms with Crippen molar-refractivity contribution in [2.45, 2.75) is 27.4 Å². The van der Waals surface area contributed by atoms with E-state index in [1.54, 1.807) is 51.1 Å². The van der Waals surface area contributed by atoms with Gasteiger partial charge < -0.3 is 4.74 Å². The standard InChI is InChI=1S/C26H24N4O4/c1-16(2)26(33)34-15-19-10-12-21(13-11-19)30-25(32)23(18(4)28-30)14-22-17(3)27-29(24(22)31)20-8-6-5-7-9-20/h5-14,22H,1,15H2,2-4H3. The van der Waals surface area contributed by atoms with Crippen molar-refractivity contribution in [3.63, 3.8) is 0 Å². The Hall–Kier alpha value is -4.33. The molecule has 2 heterocycles. The maximum Gasteiger partial charge on any atom is 0.333 e. The lowest BCUT2D eigenvalue weighted by Gasteiger charge is -2.14. The summed E-state index contributed by atoms with van der Waals surface area (Å²) in [4.78, 5) is 37.7. The lowest BCUT2D eigenvalue weighted by atomic mass is 9.98. The van der Waals surface area contributed by atoms with Crippen molar-refractivity contribution in [3.8, 4) is 0 Å². The van der Waals surface area contributed by atoms with Crippen LogP contribution in [0.5, 0.6) is 0 Å². The van der Waals surface area contributed by atoms with Gasteiger partial charge in [0.05, 0.1) is 34.3 Å². The molecule has 0 aromatic heterocycles. The monoisotopic (exact) mass is 456 g/mol. The van der Waals surface area contributed by atoms with Gasteiger partial charge in [0.25, 0.3) is 11.8 Å². The largest absolute Gasteiger partial charge is 0.457 e. The molecule has 4 rings (SSSR count). The fraction of sp³-hybridized carbons (Fsp3) is 0.192. The van der Waals surface area contributed by atoms with E-state index < -0.39 is 11.9 Å². The first-order valence-corrected chi connectivity index (χ1v) is 10.7. The van der Waals surface area contributed by atoms with Crippen LogP contribution in [-0.2, 0) is 25.7 Å². The Balaban J connectivity index is 1.49. The minimum absolute atomic E-state index is 0.105. The van der Waals surface area contributed by atoms with E-state index >= 15 is 0 Å². The Morgan fingerprint density at radius 2 is 1.65 bits per heavy atom. The number of para-hydroxylation sites is 1. The summed E-state index contributed by atoms with van der Waals surface area (Å²) in [5, 5.41) is 11.4. The molecular weight excluding hydrogens is 432 g/mol. The first kappa shape index (κ1) is 22.8. The smallest absolute Gasteiger partial charge is 0.333 e. The Morgan fingerprint density at radius 3 is 2.29 bits per heavy atom. The highest BCUT2D eigenvalue weighted by atomic mass is 16.5. The third-order valence-corrected chi connectivity index (χ3v) is 5.48. The quantitative estimate of drug-likeness (QED) is 0.485. The minimum Gasteiger partial charge on any atom is -0.457 e. The molecular formula is C26H24N4O4. The van der Waals surface area contributed by atoms with Crippen molar-refractivity contribution < 1.29 is 19.1 Å². The second-order valence-electron chi connectivity index (χ2n) is 8.11. The van der Waals surface area contributed by atoms with Gasteiger partial charge in [0.1, 0.15) is 6.61 Å². The molecule has 8 nitrogen and oxygen atoms in total. The van der Waals surface area contributed by atoms with Crippen LogP contribution >= 0.6 is 0 Å². The van der Waals surface area contributed by atoms with E-state index in [9.17, 15) is 14.4 Å². The number of carbonyl (C=O) groups is 3. The number of amides is 2. The molecule has 2 aromatic carbocycles. The van der Waals surface area contributed by atoms with Gasteiger partial charge in [-0.25, -0.2) is 4.79 Å². The normalized spacial score (nSPS) is 18.9. The predicted octanol–water partition coefficient (Wildman–Crippen LogP) is 3.99. The van der Waals surface area contributed by atoms with Crippen LogP contribution in [0.3, 0.4) is 0 Å². The number of ether oxygens (including phenoxy) is 1. The van der Waals surface area contributed by atoms with Crippen LogP contribution in [0.1, 0.15) is 26.3 Å². The van der Waals surface area contributed by atoms with E-state index in [0.717, 1.165) is 5.56 Å². The Bertz CT molecular complexity index is 1260. The maximum absolute atomic E-state index is 13.1. The average Bonchev–Trinajstić information content (AvgIpc) is 3.28. The molecule has 0 saturated heterocycles. The molecule has 2 amide bonds. The van der Waals surface area contributed by atoms with Crippen molar-refractivity contribution in [2.24, 2.45) is 16.1 Å². The number of nitrogens with zero attached hydrogens (tertiary/aromatic N) is 4. The second-order valence-corrected chi connectivity index (χ2v) is 8.11. The molecule has 0 N–H and O–H groups in total. The summed E-state index contributed by atoms with van der Waals surface area (Å²) in [7, 11) is 0. The van der Waals surface area contributed by atoms with E-state index in [1.807, 2.05) is 30.3 Å². The molecule has 172 valence electrons. The fourth-order valence-corrected chi connectivity index (χ4v) is 3.58. The minimum atomic E-state index is -0.644. The van der Waals surface area contributed by atoms with Gasteiger partial charge in [-0.2, -0.15) is 20.2 Å². The molecule has 1 atom stereocenters. The zero-order valence-corrected chi connectivity index (χ0v) is 19.2. The molecule has 2 aliphatic heterocycles. The first-order chi connectivity index (χ1) is 16.3. The Kier molecular flexibility index (Phi) is 6.23. The van der Waals surface area contributed by atoms with Crippen LogP contribution in [-0.4, -0.2) is 29.2 Å². The van der Waals surface area contributed by atoms with Gasteiger partial charge in [0.2, 0.25) is 0 Å². The molecule has 1 unspecified atom stereocenters. The van der Waals surface area contributed by atoms with Crippen LogP contribution in [0.25, 0.3) is 0 Å². The van der Waals surface area contributed by atoms with Gasteiger partial charge in [0, 0.05) is 5.57 Å². The molecule has 0 spiro atoms. The van der Waals surface area contributed by atoms with Crippen molar-refractivity contribution in [1.82, 2.24) is 0 Å². The van der Waals surface area contributed by atoms with Crippen LogP contribution in [0.2, 0.25) is 0 Å². The van der Waals surface area contributed by atoms with Gasteiger partial charge in [0.15, 0.2) is 0 Å². The summed E-state index contributed by atoms with van der Waals surface area (Å²) in [5.74, 6) is -1.64. The van der Waals surface area contributed by atoms with Gasteiger partial charge >= 0.3 is 5.97 Å². The number of hydrogen-bond acceptors (Lipinski definition) is 6. The third kappa shape index (κ3) is 4.43. The molecule has 8 heteroatoms. The zero-order valence-electron chi connectivity index (χ0n) is 19.2. The molecule has 2 aromatic rings. The molecule has 0 fully saturated rings. The third-order valence-electron chi connectivity index (χ3n) is 5.48. The Morgan fingerprint density at radius 1 is 1.00 bits per heavy atom. The van der Waals surface area contributed by atoms with Crippen molar-refractivity contribution in [2.75, 3.05) is 10.0 Å². The summed E-state index contributed by atoms with van der Waals surface area (Å²) < 4.78 is 5.14. The summed E-state index contributed by atoms with van der Waals surface area (Å²) in [6.07, 6.45) is 1.64. The lowest BCUT2D eigenvalue weighted by molar-refractivity contribution is -0.140. The molecule has 0 aliphatic carbocycles. The van der Waals surface area contributed by atoms with E-state index in [4.69, 9.17) is 4.74 Å². The fourth-order valence-electron chi connectivity index (χ4n) is 3.58. The number of esters is 1. The number of benzene rings is 2. The molecule has 0 radical (unpaired) electrons. The summed E-state index contributed by atoms with van der Waals surface area (Å²) in [6.45, 7) is 8.74. The average molecular weight is 457 g/mol. The van der Waals surface area contributed by atoms with Gasteiger partial charge in [-0.05, 0) is 50.6 Å². The number of hydrogen-bond donors (Lipinski definition) is 0. The Labute approximate surface area is 197 Å². The summed E-state index contributed by atoms with van der Waals surface area (Å²) in [6, 6.07) is 16.1. The van der Waals surface area contributed by atoms with E-state index in [2.05, 4.69) is 16.8 Å². The van der Waals surface area contributed by atoms with E-state index in [1.165, 1.54) is 10.0 Å². The number of hydrazone groups is 2. The molecule has 0 bridgehead atoms. The van der Waals surface area contributed by atoms with Crippen LogP contribution in [0.4, 0.5) is 11.4 Å². The maximum atomic E-state index is 13.1. The predicted molar refractivity (Wildman–Crippen MR) is 130 cm³/mol.